The van der Waals surface area contributed by atoms with E-state index in [2.05, 4.69) is 20.0 Å². The molecule has 0 bridgehead atoms. The van der Waals surface area contributed by atoms with E-state index in [4.69, 9.17) is 9.26 Å². The molecule has 1 aliphatic heterocycles. The fourth-order valence-corrected chi connectivity index (χ4v) is 4.31. The number of aromatic nitrogens is 5. The third-order valence-electron chi connectivity index (χ3n) is 6.56. The minimum atomic E-state index is -0.798. The smallest absolute Gasteiger partial charge is 0.277 e. The summed E-state index contributed by atoms with van der Waals surface area (Å²) in [5.74, 6) is 0.0189. The lowest BCUT2D eigenvalue weighted by Crippen LogP contribution is -2.39. The van der Waals surface area contributed by atoms with E-state index in [1.807, 2.05) is 0 Å². The molecule has 0 spiro atoms. The maximum Gasteiger partial charge on any atom is 0.277 e. The lowest BCUT2D eigenvalue weighted by atomic mass is 10.1. The van der Waals surface area contributed by atoms with Crippen LogP contribution in [0.25, 0.3) is 28.1 Å². The molecule has 5 rings (SSSR count). The Kier molecular flexibility index (Phi) is 5.70. The highest BCUT2D eigenvalue weighted by atomic mass is 19.1. The minimum Gasteiger partial charge on any atom is -0.393 e. The molecule has 4 aromatic rings. The van der Waals surface area contributed by atoms with Gasteiger partial charge in [0.2, 0.25) is 5.82 Å². The SMILES string of the molecule is COC(C)(C)c1nc(-c2ncn3c2c(=O)n(CCN2CCC(O)CC2)c2cc(F)ccc23)no1. The molecule has 0 radical (unpaired) electrons. The second kappa shape index (κ2) is 8.57. The topological polar surface area (TPSA) is 111 Å². The molecule has 0 aliphatic carbocycles. The lowest BCUT2D eigenvalue weighted by Gasteiger charge is -2.29. The Morgan fingerprint density at radius 1 is 1.24 bits per heavy atom. The maximum absolute atomic E-state index is 14.2. The van der Waals surface area contributed by atoms with Gasteiger partial charge in [-0.15, -0.1) is 0 Å². The van der Waals surface area contributed by atoms with Gasteiger partial charge in [0, 0.05) is 33.3 Å². The molecule has 0 amide bonds. The molecule has 180 valence electrons. The molecular formula is C23H27FN6O4. The largest absolute Gasteiger partial charge is 0.393 e. The van der Waals surface area contributed by atoms with Gasteiger partial charge in [0.05, 0.1) is 17.1 Å². The number of nitrogens with zero attached hydrogens (tertiary/aromatic N) is 6. The van der Waals surface area contributed by atoms with Crippen molar-refractivity contribution in [3.63, 3.8) is 0 Å². The Balaban J connectivity index is 1.62. The van der Waals surface area contributed by atoms with Crippen molar-refractivity contribution < 1.29 is 18.8 Å². The Bertz CT molecular complexity index is 1400. The zero-order valence-electron chi connectivity index (χ0n) is 19.4. The van der Waals surface area contributed by atoms with Crippen molar-refractivity contribution in [3.8, 4) is 11.5 Å². The van der Waals surface area contributed by atoms with Crippen LogP contribution in [0.5, 0.6) is 0 Å². The highest BCUT2D eigenvalue weighted by molar-refractivity contribution is 5.83. The van der Waals surface area contributed by atoms with Crippen molar-refractivity contribution in [2.24, 2.45) is 0 Å². The van der Waals surface area contributed by atoms with E-state index < -0.39 is 11.4 Å². The zero-order chi connectivity index (χ0) is 24.0. The average molecular weight is 471 g/mol. The number of aliphatic hydroxyl groups is 1. The summed E-state index contributed by atoms with van der Waals surface area (Å²) in [6.07, 6.45) is 2.64. The molecule has 0 atom stereocenters. The Labute approximate surface area is 194 Å². The van der Waals surface area contributed by atoms with E-state index in [1.165, 1.54) is 18.5 Å². The van der Waals surface area contributed by atoms with Crippen LogP contribution in [0.2, 0.25) is 0 Å². The molecular weight excluding hydrogens is 443 g/mol. The molecule has 1 aromatic carbocycles. The minimum absolute atomic E-state index is 0.178. The molecule has 11 heteroatoms. The van der Waals surface area contributed by atoms with Gasteiger partial charge >= 0.3 is 0 Å². The molecule has 1 saturated heterocycles. The van der Waals surface area contributed by atoms with E-state index in [0.29, 0.717) is 37.0 Å². The van der Waals surface area contributed by atoms with Crippen LogP contribution in [-0.4, -0.2) is 66.9 Å². The van der Waals surface area contributed by atoms with E-state index >= 15 is 0 Å². The Hall–Kier alpha value is -3.15. The number of halogens is 1. The number of likely N-dealkylation sites (tertiary alicyclic amines) is 1. The summed E-state index contributed by atoms with van der Waals surface area (Å²) < 4.78 is 28.2. The first-order valence-electron chi connectivity index (χ1n) is 11.3. The molecule has 4 heterocycles. The number of rotatable bonds is 6. The van der Waals surface area contributed by atoms with Crippen LogP contribution in [0.1, 0.15) is 32.6 Å². The third kappa shape index (κ3) is 3.89. The molecule has 34 heavy (non-hydrogen) atoms. The predicted molar refractivity (Wildman–Crippen MR) is 122 cm³/mol. The highest BCUT2D eigenvalue weighted by Gasteiger charge is 2.29. The van der Waals surface area contributed by atoms with Crippen molar-refractivity contribution in [3.05, 3.63) is 46.6 Å². The van der Waals surface area contributed by atoms with E-state index in [1.54, 1.807) is 36.0 Å². The molecule has 0 saturated carbocycles. The average Bonchev–Trinajstić information content (AvgIpc) is 3.48. The monoisotopic (exact) mass is 470 g/mol. The lowest BCUT2D eigenvalue weighted by molar-refractivity contribution is -0.00786. The van der Waals surface area contributed by atoms with Crippen molar-refractivity contribution in [1.82, 2.24) is 29.0 Å². The second-order valence-electron chi connectivity index (χ2n) is 9.11. The van der Waals surface area contributed by atoms with Crippen LogP contribution < -0.4 is 5.56 Å². The number of piperidine rings is 1. The highest BCUT2D eigenvalue weighted by Crippen LogP contribution is 2.27. The predicted octanol–water partition coefficient (Wildman–Crippen LogP) is 2.18. The molecule has 0 unspecified atom stereocenters. The van der Waals surface area contributed by atoms with Gasteiger partial charge < -0.3 is 23.8 Å². The Morgan fingerprint density at radius 2 is 2.00 bits per heavy atom. The fraction of sp³-hybridized carbons (Fsp3) is 0.478. The summed E-state index contributed by atoms with van der Waals surface area (Å²) in [7, 11) is 1.54. The fourth-order valence-electron chi connectivity index (χ4n) is 4.31. The number of benzene rings is 1. The van der Waals surface area contributed by atoms with Gasteiger partial charge in [0.15, 0.2) is 0 Å². The summed E-state index contributed by atoms with van der Waals surface area (Å²) in [6, 6.07) is 4.35. The van der Waals surface area contributed by atoms with Crippen LogP contribution in [0.3, 0.4) is 0 Å². The van der Waals surface area contributed by atoms with Gasteiger partial charge in [-0.3, -0.25) is 9.20 Å². The van der Waals surface area contributed by atoms with Gasteiger partial charge in [-0.1, -0.05) is 5.16 Å². The van der Waals surface area contributed by atoms with Gasteiger partial charge in [-0.25, -0.2) is 9.37 Å². The van der Waals surface area contributed by atoms with Crippen molar-refractivity contribution in [1.29, 1.82) is 0 Å². The maximum atomic E-state index is 14.2. The second-order valence-corrected chi connectivity index (χ2v) is 9.11. The van der Waals surface area contributed by atoms with Gasteiger partial charge in [0.1, 0.15) is 29.0 Å². The molecule has 1 N–H and O–H groups in total. The number of imidazole rings is 1. The number of ether oxygens (including phenoxy) is 1. The first-order chi connectivity index (χ1) is 16.3. The van der Waals surface area contributed by atoms with E-state index in [0.717, 1.165) is 13.1 Å². The molecule has 1 aliphatic rings. The normalized spacial score (nSPS) is 16.1. The number of methoxy groups -OCH3 is 1. The van der Waals surface area contributed by atoms with E-state index in [9.17, 15) is 14.3 Å². The number of fused-ring (bicyclic) bond motifs is 3. The van der Waals surface area contributed by atoms with Gasteiger partial charge in [0.25, 0.3) is 11.4 Å². The van der Waals surface area contributed by atoms with E-state index in [-0.39, 0.29) is 34.6 Å². The first-order valence-corrected chi connectivity index (χ1v) is 11.3. The number of hydrogen-bond donors (Lipinski definition) is 1. The van der Waals surface area contributed by atoms with Crippen LogP contribution in [-0.2, 0) is 16.9 Å². The summed E-state index contributed by atoms with van der Waals surface area (Å²) in [5, 5.41) is 13.8. The summed E-state index contributed by atoms with van der Waals surface area (Å²) >= 11 is 0. The standard InChI is InChI=1S/C23H27FN6O4/c1-23(2,33-3)22-26-20(27-34-22)18-19-21(32)29(11-10-28-8-6-15(31)7-9-28)17-12-14(24)4-5-16(17)30(19)13-25-18/h4-5,12-13,15,31H,6-11H2,1-3H3. The first kappa shape index (κ1) is 22.6. The summed E-state index contributed by atoms with van der Waals surface area (Å²) in [6.45, 7) is 6.07. The van der Waals surface area contributed by atoms with Crippen LogP contribution in [0, 0.1) is 5.82 Å². The third-order valence-corrected chi connectivity index (χ3v) is 6.56. The summed E-state index contributed by atoms with van der Waals surface area (Å²) in [4.78, 5) is 24.7. The molecule has 3 aromatic heterocycles. The Morgan fingerprint density at radius 3 is 2.74 bits per heavy atom. The van der Waals surface area contributed by atoms with Crippen molar-refractivity contribution in [2.75, 3.05) is 26.7 Å². The summed E-state index contributed by atoms with van der Waals surface area (Å²) in [5.41, 5.74) is 0.578. The van der Waals surface area contributed by atoms with Gasteiger partial charge in [-0.05, 0) is 44.9 Å². The van der Waals surface area contributed by atoms with Crippen LogP contribution in [0.15, 0.2) is 33.8 Å². The number of hydrogen-bond acceptors (Lipinski definition) is 8. The van der Waals surface area contributed by atoms with Crippen molar-refractivity contribution >= 4 is 16.6 Å². The van der Waals surface area contributed by atoms with Gasteiger partial charge in [-0.2, -0.15) is 4.98 Å². The molecule has 10 nitrogen and oxygen atoms in total. The quantitative estimate of drug-likeness (QED) is 0.457. The number of aliphatic hydroxyl groups excluding tert-OH is 1. The molecule has 1 fully saturated rings. The van der Waals surface area contributed by atoms with Crippen LogP contribution >= 0.6 is 0 Å². The van der Waals surface area contributed by atoms with Crippen LogP contribution in [0.4, 0.5) is 4.39 Å². The zero-order valence-corrected chi connectivity index (χ0v) is 19.4. The van der Waals surface area contributed by atoms with Crippen molar-refractivity contribution in [2.45, 2.75) is 44.9 Å².